The van der Waals surface area contributed by atoms with Crippen LogP contribution in [0.4, 0.5) is 0 Å². The van der Waals surface area contributed by atoms with Crippen molar-refractivity contribution in [2.45, 2.75) is 76.2 Å². The maximum Gasteiger partial charge on any atom is 2.00 e. The summed E-state index contributed by atoms with van der Waals surface area (Å²) in [6.45, 7) is 18.4. The zero-order valence-corrected chi connectivity index (χ0v) is 16.8. The minimum Gasteiger partial charge on any atom is -0.343 e. The van der Waals surface area contributed by atoms with Gasteiger partial charge in [0.1, 0.15) is 0 Å². The second kappa shape index (κ2) is 29.8. The fourth-order valence-electron chi connectivity index (χ4n) is 0.866. The van der Waals surface area contributed by atoms with Crippen molar-refractivity contribution in [2.24, 2.45) is 0 Å². The average Bonchev–Trinajstić information content (AvgIpc) is 2.32. The molecule has 94 valence electrons. The largest absolute Gasteiger partial charge is 2.00 e. The number of unbranched alkanes of at least 4 members (excludes halogenated alkanes) is 2. The second-order valence-corrected chi connectivity index (χ2v) is 7.98. The number of hydrogen-bond acceptors (Lipinski definition) is 0. The molecule has 0 aliphatic carbocycles. The predicted molar refractivity (Wildman–Crippen MR) is 77.7 cm³/mol. The Labute approximate surface area is 123 Å². The van der Waals surface area contributed by atoms with Crippen LogP contribution < -0.4 is 0 Å². The summed E-state index contributed by atoms with van der Waals surface area (Å²) < 4.78 is 0. The molecule has 0 aliphatic rings. The summed E-state index contributed by atoms with van der Waals surface area (Å²) in [6, 6.07) is 0. The molecule has 0 amide bonds. The predicted octanol–water partition coefficient (Wildman–Crippen LogP) is 5.78. The molecule has 0 nitrogen and oxygen atoms in total. The van der Waals surface area contributed by atoms with Gasteiger partial charge in [-0.05, 0) is 0 Å². The fraction of sp³-hybridized carbons (Fsp3) is 0.857. The van der Waals surface area contributed by atoms with Crippen molar-refractivity contribution >= 4 is 14.1 Å². The molecule has 0 bridgehead atoms. The van der Waals surface area contributed by atoms with Crippen LogP contribution in [0.5, 0.6) is 0 Å². The normalized spacial score (nSPS) is 7.69. The number of hydrogen-bond donors (Lipinski definition) is 0. The van der Waals surface area contributed by atoms with E-state index in [1.165, 1.54) is 28.7 Å². The summed E-state index contributed by atoms with van der Waals surface area (Å²) in [4.78, 5) is 0. The maximum absolute atomic E-state index is 3.60. The van der Waals surface area contributed by atoms with Gasteiger partial charge in [-0.2, -0.15) is 12.8 Å². The standard InChI is InChI=1S/2C4H9.3C2H5.Al.Zn/c2*1-3-4-2;3*1-2;;/h2*1,3-4H2,2H3;3*1H2,2H3;;/q2*-1;;;;;+2. The fourth-order valence-corrected chi connectivity index (χ4v) is 2.60. The Balaban J connectivity index is -0.0000000700. The molecule has 0 aromatic heterocycles. The average molecular weight is 294 g/mol. The van der Waals surface area contributed by atoms with E-state index in [4.69, 9.17) is 0 Å². The zero-order valence-electron chi connectivity index (χ0n) is 12.6. The Morgan fingerprint density at radius 1 is 0.688 bits per heavy atom. The van der Waals surface area contributed by atoms with E-state index in [-0.39, 0.29) is 33.6 Å². The van der Waals surface area contributed by atoms with E-state index in [9.17, 15) is 0 Å². The van der Waals surface area contributed by atoms with Crippen molar-refractivity contribution in [3.05, 3.63) is 13.8 Å². The molecular formula is C14H33AlZn. The van der Waals surface area contributed by atoms with Crippen LogP contribution in [0.3, 0.4) is 0 Å². The van der Waals surface area contributed by atoms with E-state index in [2.05, 4.69) is 48.5 Å². The van der Waals surface area contributed by atoms with Crippen LogP contribution in [-0.4, -0.2) is 14.1 Å². The molecule has 0 aromatic carbocycles. The van der Waals surface area contributed by atoms with Gasteiger partial charge in [0.25, 0.3) is 14.1 Å². The van der Waals surface area contributed by atoms with Gasteiger partial charge in [-0.25, -0.2) is 0 Å². The van der Waals surface area contributed by atoms with Gasteiger partial charge in [-0.15, -0.1) is 0 Å². The van der Waals surface area contributed by atoms with Gasteiger partial charge in [-0.1, -0.05) is 63.3 Å². The third-order valence-corrected chi connectivity index (χ3v) is 5.90. The summed E-state index contributed by atoms with van der Waals surface area (Å²) in [6.07, 6.45) is 4.56. The third-order valence-electron chi connectivity index (χ3n) is 2.44. The van der Waals surface area contributed by atoms with Gasteiger partial charge in [-0.3, -0.25) is 0 Å². The van der Waals surface area contributed by atoms with Crippen molar-refractivity contribution in [1.82, 2.24) is 0 Å². The first-order valence-electron chi connectivity index (χ1n) is 6.76. The SMILES string of the molecule is C[CH2][Al]([CH2]C)[CH2]C.[CH2-]CCC.[CH2-]CCC.[Zn+2]. The maximum atomic E-state index is 3.60. The van der Waals surface area contributed by atoms with Gasteiger partial charge in [0, 0.05) is 0 Å². The minimum atomic E-state index is -0.171. The van der Waals surface area contributed by atoms with Gasteiger partial charge in [0.2, 0.25) is 0 Å². The van der Waals surface area contributed by atoms with Crippen molar-refractivity contribution in [3.63, 3.8) is 0 Å². The second-order valence-electron chi connectivity index (χ2n) is 3.80. The van der Waals surface area contributed by atoms with Crippen LogP contribution in [0.1, 0.15) is 60.3 Å². The molecule has 0 heterocycles. The minimum absolute atomic E-state index is 0. The smallest absolute Gasteiger partial charge is 0.343 e. The van der Waals surface area contributed by atoms with Gasteiger partial charge < -0.3 is 13.8 Å². The quantitative estimate of drug-likeness (QED) is 0.445. The molecule has 0 atom stereocenters. The van der Waals surface area contributed by atoms with Crippen LogP contribution in [-0.2, 0) is 19.5 Å². The van der Waals surface area contributed by atoms with Crippen LogP contribution in [0, 0.1) is 13.8 Å². The Kier molecular flexibility index (Phi) is 48.2. The molecule has 0 unspecified atom stereocenters. The van der Waals surface area contributed by atoms with Crippen molar-refractivity contribution in [2.75, 3.05) is 0 Å². The van der Waals surface area contributed by atoms with E-state index >= 15 is 0 Å². The summed E-state index contributed by atoms with van der Waals surface area (Å²) in [5.41, 5.74) is 0. The zero-order chi connectivity index (χ0) is 12.5. The molecule has 16 heavy (non-hydrogen) atoms. The van der Waals surface area contributed by atoms with E-state index in [1.807, 2.05) is 0 Å². The first-order chi connectivity index (χ1) is 7.17. The molecule has 0 radical (unpaired) electrons. The van der Waals surface area contributed by atoms with Crippen molar-refractivity contribution < 1.29 is 19.5 Å². The molecule has 0 rings (SSSR count). The monoisotopic (exact) mass is 292 g/mol. The molecule has 0 fully saturated rings. The Hall–Kier alpha value is 1.16. The summed E-state index contributed by atoms with van der Waals surface area (Å²) in [5, 5.41) is 4.48. The van der Waals surface area contributed by atoms with Crippen LogP contribution in [0.15, 0.2) is 0 Å². The van der Waals surface area contributed by atoms with Crippen LogP contribution >= 0.6 is 0 Å². The van der Waals surface area contributed by atoms with E-state index in [0.29, 0.717) is 0 Å². The van der Waals surface area contributed by atoms with Gasteiger partial charge in [0.05, 0.1) is 0 Å². The first-order valence-corrected chi connectivity index (χ1v) is 9.21. The molecule has 0 N–H and O–H groups in total. The van der Waals surface area contributed by atoms with E-state index < -0.39 is 0 Å². The van der Waals surface area contributed by atoms with Crippen molar-refractivity contribution in [3.8, 4) is 0 Å². The van der Waals surface area contributed by atoms with Gasteiger partial charge >= 0.3 is 19.5 Å². The van der Waals surface area contributed by atoms with Gasteiger partial charge in [0.15, 0.2) is 0 Å². The summed E-state index contributed by atoms with van der Waals surface area (Å²) in [7, 11) is 0. The molecule has 0 saturated carbocycles. The Bertz CT molecular complexity index is 59.6. The van der Waals surface area contributed by atoms with Crippen LogP contribution in [0.25, 0.3) is 0 Å². The van der Waals surface area contributed by atoms with E-state index in [0.717, 1.165) is 12.8 Å². The molecule has 0 aliphatic heterocycles. The molecular weight excluding hydrogens is 261 g/mol. The van der Waals surface area contributed by atoms with E-state index in [1.54, 1.807) is 0 Å². The Morgan fingerprint density at radius 3 is 0.875 bits per heavy atom. The summed E-state index contributed by atoms with van der Waals surface area (Å²) >= 11 is -0.171. The molecule has 0 saturated heterocycles. The van der Waals surface area contributed by atoms with Crippen molar-refractivity contribution in [1.29, 1.82) is 0 Å². The van der Waals surface area contributed by atoms with Crippen LogP contribution in [0.2, 0.25) is 15.8 Å². The number of rotatable bonds is 5. The topological polar surface area (TPSA) is 0 Å². The Morgan fingerprint density at radius 2 is 0.875 bits per heavy atom. The first kappa shape index (κ1) is 25.9. The summed E-state index contributed by atoms with van der Waals surface area (Å²) in [5.74, 6) is 0. The third kappa shape index (κ3) is 36.2. The molecule has 2 heteroatoms. The molecule has 0 spiro atoms. The molecule has 0 aromatic rings.